The van der Waals surface area contributed by atoms with E-state index in [9.17, 15) is 8.42 Å². The van der Waals surface area contributed by atoms with Gasteiger partial charge >= 0.3 is 0 Å². The van der Waals surface area contributed by atoms with Gasteiger partial charge in [-0.15, -0.1) is 0 Å². The molecule has 0 bridgehead atoms. The first-order valence-corrected chi connectivity index (χ1v) is 7.83. The summed E-state index contributed by atoms with van der Waals surface area (Å²) in [5, 5.41) is 2.99. The Balaban J connectivity index is 3.51. The van der Waals surface area contributed by atoms with Crippen molar-refractivity contribution < 1.29 is 13.2 Å². The molecular formula is C11H26N2O3S. The van der Waals surface area contributed by atoms with E-state index in [1.165, 1.54) is 0 Å². The smallest absolute Gasteiger partial charge is 0.211 e. The molecular weight excluding hydrogens is 240 g/mol. The van der Waals surface area contributed by atoms with Crippen molar-refractivity contribution in [2.75, 3.05) is 39.1 Å². The fraction of sp³-hybridized carbons (Fsp3) is 1.00. The van der Waals surface area contributed by atoms with Gasteiger partial charge in [-0.1, -0.05) is 13.8 Å². The van der Waals surface area contributed by atoms with Gasteiger partial charge in [-0.2, -0.15) is 0 Å². The third-order valence-corrected chi connectivity index (χ3v) is 3.58. The average molecular weight is 266 g/mol. The van der Waals surface area contributed by atoms with E-state index < -0.39 is 10.0 Å². The minimum Gasteiger partial charge on any atom is -0.380 e. The van der Waals surface area contributed by atoms with Crippen LogP contribution < -0.4 is 10.0 Å². The summed E-state index contributed by atoms with van der Waals surface area (Å²) in [6.07, 6.45) is 1.56. The third-order valence-electron chi connectivity index (χ3n) is 2.11. The maximum Gasteiger partial charge on any atom is 0.211 e. The average Bonchev–Trinajstić information content (AvgIpc) is 2.23. The molecule has 0 aromatic rings. The number of rotatable bonds is 11. The van der Waals surface area contributed by atoms with Crippen LogP contribution in [0.3, 0.4) is 0 Å². The zero-order valence-electron chi connectivity index (χ0n) is 11.2. The lowest BCUT2D eigenvalue weighted by Crippen LogP contribution is -2.30. The van der Waals surface area contributed by atoms with Gasteiger partial charge in [0.25, 0.3) is 0 Å². The van der Waals surface area contributed by atoms with Gasteiger partial charge in [0.1, 0.15) is 0 Å². The number of unbranched alkanes of at least 4 members (excludes halogenated alkanes) is 1. The predicted molar refractivity (Wildman–Crippen MR) is 70.6 cm³/mol. The van der Waals surface area contributed by atoms with Crippen LogP contribution in [0.15, 0.2) is 0 Å². The first-order valence-electron chi connectivity index (χ1n) is 6.17. The molecule has 0 aliphatic rings. The highest BCUT2D eigenvalue weighted by molar-refractivity contribution is 7.89. The van der Waals surface area contributed by atoms with E-state index in [4.69, 9.17) is 4.74 Å². The highest BCUT2D eigenvalue weighted by Crippen LogP contribution is 1.94. The van der Waals surface area contributed by atoms with Crippen molar-refractivity contribution in [3.8, 4) is 0 Å². The van der Waals surface area contributed by atoms with Gasteiger partial charge in [0, 0.05) is 13.2 Å². The van der Waals surface area contributed by atoms with Crippen LogP contribution in [0.2, 0.25) is 0 Å². The van der Waals surface area contributed by atoms with Gasteiger partial charge in [-0.25, -0.2) is 13.1 Å². The van der Waals surface area contributed by atoms with Crippen LogP contribution >= 0.6 is 0 Å². The fourth-order valence-corrected chi connectivity index (χ4v) is 2.38. The third kappa shape index (κ3) is 12.1. The fourth-order valence-electron chi connectivity index (χ4n) is 1.25. The maximum atomic E-state index is 11.5. The summed E-state index contributed by atoms with van der Waals surface area (Å²) in [7, 11) is -1.26. The molecule has 0 aliphatic carbocycles. The van der Waals surface area contributed by atoms with Gasteiger partial charge in [-0.3, -0.25) is 0 Å². The topological polar surface area (TPSA) is 67.4 Å². The van der Waals surface area contributed by atoms with Crippen molar-refractivity contribution in [3.63, 3.8) is 0 Å². The normalized spacial score (nSPS) is 12.2. The van der Waals surface area contributed by atoms with Crippen molar-refractivity contribution in [1.82, 2.24) is 10.0 Å². The highest BCUT2D eigenvalue weighted by atomic mass is 32.2. The molecule has 0 aliphatic heterocycles. The van der Waals surface area contributed by atoms with Gasteiger partial charge in [-0.05, 0) is 32.4 Å². The molecule has 0 rings (SSSR count). The molecule has 0 unspecified atom stereocenters. The van der Waals surface area contributed by atoms with E-state index in [1.807, 2.05) is 7.05 Å². The van der Waals surface area contributed by atoms with Gasteiger partial charge in [0.15, 0.2) is 0 Å². The second-order valence-corrected chi connectivity index (χ2v) is 6.42. The number of hydrogen-bond acceptors (Lipinski definition) is 4. The molecule has 104 valence electrons. The second kappa shape index (κ2) is 9.82. The summed E-state index contributed by atoms with van der Waals surface area (Å²) in [5.41, 5.74) is 0. The van der Waals surface area contributed by atoms with Crippen molar-refractivity contribution in [2.45, 2.75) is 26.7 Å². The largest absolute Gasteiger partial charge is 0.380 e. The van der Waals surface area contributed by atoms with Crippen LogP contribution in [0.25, 0.3) is 0 Å². The number of sulfonamides is 1. The Labute approximate surface area is 105 Å². The van der Waals surface area contributed by atoms with Crippen LogP contribution in [0.4, 0.5) is 0 Å². The molecule has 2 N–H and O–H groups in total. The van der Waals surface area contributed by atoms with E-state index in [0.717, 1.165) is 13.0 Å². The van der Waals surface area contributed by atoms with Gasteiger partial charge in [0.05, 0.1) is 12.4 Å². The SMILES string of the molecule is CNCCCCS(=O)(=O)NCCOCC(C)C. The van der Waals surface area contributed by atoms with E-state index in [-0.39, 0.29) is 5.75 Å². The summed E-state index contributed by atoms with van der Waals surface area (Å²) < 4.78 is 30.8. The molecule has 0 spiro atoms. The Morgan fingerprint density at radius 2 is 1.88 bits per heavy atom. The lowest BCUT2D eigenvalue weighted by atomic mass is 10.2. The molecule has 0 atom stereocenters. The maximum absolute atomic E-state index is 11.5. The van der Waals surface area contributed by atoms with E-state index in [1.54, 1.807) is 0 Å². The van der Waals surface area contributed by atoms with Crippen LogP contribution in [-0.2, 0) is 14.8 Å². The summed E-state index contributed by atoms with van der Waals surface area (Å²) in [6.45, 7) is 6.45. The molecule has 0 radical (unpaired) electrons. The molecule has 0 heterocycles. The van der Waals surface area contributed by atoms with Crippen LogP contribution in [0.1, 0.15) is 26.7 Å². The van der Waals surface area contributed by atoms with Gasteiger partial charge < -0.3 is 10.1 Å². The first-order chi connectivity index (χ1) is 7.98. The Morgan fingerprint density at radius 3 is 2.47 bits per heavy atom. The summed E-state index contributed by atoms with van der Waals surface area (Å²) in [5.74, 6) is 0.673. The Hall–Kier alpha value is -0.170. The van der Waals surface area contributed by atoms with Gasteiger partial charge in [0.2, 0.25) is 10.0 Å². The summed E-state index contributed by atoms with van der Waals surface area (Å²) in [6, 6.07) is 0. The monoisotopic (exact) mass is 266 g/mol. The van der Waals surface area contributed by atoms with Crippen LogP contribution in [0, 0.1) is 5.92 Å². The Kier molecular flexibility index (Phi) is 9.72. The lowest BCUT2D eigenvalue weighted by Gasteiger charge is -2.08. The van der Waals surface area contributed by atoms with Crippen molar-refractivity contribution in [1.29, 1.82) is 0 Å². The van der Waals surface area contributed by atoms with Crippen molar-refractivity contribution in [2.24, 2.45) is 5.92 Å². The lowest BCUT2D eigenvalue weighted by molar-refractivity contribution is 0.114. The summed E-state index contributed by atoms with van der Waals surface area (Å²) >= 11 is 0. The zero-order chi connectivity index (χ0) is 13.1. The molecule has 0 saturated carbocycles. The molecule has 0 saturated heterocycles. The first kappa shape index (κ1) is 16.8. The van der Waals surface area contributed by atoms with E-state index in [2.05, 4.69) is 23.9 Å². The molecule has 0 aromatic heterocycles. The minimum atomic E-state index is -3.12. The standard InChI is InChI=1S/C11H26N2O3S/c1-11(2)10-16-8-7-13-17(14,15)9-5-4-6-12-3/h11-13H,4-10H2,1-3H3. The highest BCUT2D eigenvalue weighted by Gasteiger charge is 2.08. The minimum absolute atomic E-state index is 0.193. The number of ether oxygens (including phenoxy) is 1. The van der Waals surface area contributed by atoms with E-state index in [0.29, 0.717) is 32.1 Å². The van der Waals surface area contributed by atoms with Crippen LogP contribution in [-0.4, -0.2) is 47.5 Å². The summed E-state index contributed by atoms with van der Waals surface area (Å²) in [4.78, 5) is 0. The molecule has 0 amide bonds. The number of hydrogen-bond donors (Lipinski definition) is 2. The van der Waals surface area contributed by atoms with Crippen LogP contribution in [0.5, 0.6) is 0 Å². The molecule has 5 nitrogen and oxygen atoms in total. The Bertz CT molecular complexity index is 266. The molecule has 0 aromatic carbocycles. The quantitative estimate of drug-likeness (QED) is 0.537. The molecule has 6 heteroatoms. The Morgan fingerprint density at radius 1 is 1.18 bits per heavy atom. The van der Waals surface area contributed by atoms with Crippen molar-refractivity contribution >= 4 is 10.0 Å². The molecule has 0 fully saturated rings. The van der Waals surface area contributed by atoms with Crippen molar-refractivity contribution in [3.05, 3.63) is 0 Å². The second-order valence-electron chi connectivity index (χ2n) is 4.49. The molecule has 17 heavy (non-hydrogen) atoms. The predicted octanol–water partition coefficient (Wildman–Crippen LogP) is 0.578. The van der Waals surface area contributed by atoms with E-state index >= 15 is 0 Å². The zero-order valence-corrected chi connectivity index (χ0v) is 12.0. The number of nitrogens with one attached hydrogen (secondary N) is 2.